The van der Waals surface area contributed by atoms with Gasteiger partial charge in [0, 0.05) is 25.8 Å². The molecule has 0 aromatic heterocycles. The van der Waals surface area contributed by atoms with Gasteiger partial charge in [-0.25, -0.2) is 4.79 Å². The summed E-state index contributed by atoms with van der Waals surface area (Å²) >= 11 is 0. The van der Waals surface area contributed by atoms with Crippen molar-refractivity contribution in [1.82, 2.24) is 4.90 Å². The molecular formula is C14H20N2O4. The number of nitrogen functional groups attached to an aromatic ring is 1. The van der Waals surface area contributed by atoms with E-state index in [1.165, 1.54) is 11.0 Å². The number of esters is 1. The first-order valence-corrected chi connectivity index (χ1v) is 6.34. The molecule has 1 amide bonds. The Bertz CT molecular complexity index is 486. The number of carbonyl (C=O) groups is 2. The van der Waals surface area contributed by atoms with Crippen molar-refractivity contribution < 1.29 is 19.1 Å². The first kappa shape index (κ1) is 15.8. The molecule has 0 aliphatic rings. The van der Waals surface area contributed by atoms with E-state index in [0.717, 1.165) is 0 Å². The summed E-state index contributed by atoms with van der Waals surface area (Å²) in [7, 11) is 3.30. The summed E-state index contributed by atoms with van der Waals surface area (Å²) < 4.78 is 10.3. The minimum atomic E-state index is -0.523. The summed E-state index contributed by atoms with van der Waals surface area (Å²) in [6.07, 6.45) is 0.152. The molecule has 0 radical (unpaired) electrons. The zero-order chi connectivity index (χ0) is 15.1. The van der Waals surface area contributed by atoms with Crippen LogP contribution in [0.3, 0.4) is 0 Å². The predicted octanol–water partition coefficient (Wildman–Crippen LogP) is 1.30. The smallest absolute Gasteiger partial charge is 0.338 e. The van der Waals surface area contributed by atoms with Gasteiger partial charge in [-0.1, -0.05) is 0 Å². The average Bonchev–Trinajstić information content (AvgIpc) is 2.38. The molecule has 0 aliphatic heterocycles. The number of amides is 1. The third-order valence-electron chi connectivity index (χ3n) is 2.52. The molecule has 6 heteroatoms. The second-order valence-corrected chi connectivity index (χ2v) is 4.40. The van der Waals surface area contributed by atoms with E-state index in [-0.39, 0.29) is 18.9 Å². The van der Waals surface area contributed by atoms with Crippen LogP contribution in [0.5, 0.6) is 5.75 Å². The molecule has 0 saturated carbocycles. The molecule has 0 bridgehead atoms. The Labute approximate surface area is 118 Å². The second kappa shape index (κ2) is 7.37. The Hall–Kier alpha value is -2.24. The highest BCUT2D eigenvalue weighted by Crippen LogP contribution is 2.19. The Kier molecular flexibility index (Phi) is 5.83. The van der Waals surface area contributed by atoms with E-state index in [9.17, 15) is 9.59 Å². The van der Waals surface area contributed by atoms with Crippen LogP contribution in [0.4, 0.5) is 5.69 Å². The summed E-state index contributed by atoms with van der Waals surface area (Å²) in [5.74, 6) is -0.103. The SMILES string of the molecule is CCOc1cc(N)cc(C(=O)OCCC(=O)N(C)C)c1. The number of ether oxygens (including phenoxy) is 2. The van der Waals surface area contributed by atoms with Gasteiger partial charge in [0.1, 0.15) is 12.4 Å². The molecule has 6 nitrogen and oxygen atoms in total. The van der Waals surface area contributed by atoms with Crippen LogP contribution in [0.1, 0.15) is 23.7 Å². The van der Waals surface area contributed by atoms with Crippen LogP contribution in [0.25, 0.3) is 0 Å². The van der Waals surface area contributed by atoms with Crippen molar-refractivity contribution in [2.75, 3.05) is 33.0 Å². The lowest BCUT2D eigenvalue weighted by Gasteiger charge is -2.11. The summed E-state index contributed by atoms with van der Waals surface area (Å²) in [5.41, 5.74) is 6.43. The number of anilines is 1. The molecule has 110 valence electrons. The molecule has 1 aromatic carbocycles. The minimum Gasteiger partial charge on any atom is -0.494 e. The predicted molar refractivity (Wildman–Crippen MR) is 75.6 cm³/mol. The van der Waals surface area contributed by atoms with Crippen molar-refractivity contribution in [2.24, 2.45) is 0 Å². The molecule has 0 atom stereocenters. The number of nitrogens with two attached hydrogens (primary N) is 1. The van der Waals surface area contributed by atoms with E-state index in [1.807, 2.05) is 6.92 Å². The lowest BCUT2D eigenvalue weighted by Crippen LogP contribution is -2.23. The van der Waals surface area contributed by atoms with Crippen molar-refractivity contribution in [2.45, 2.75) is 13.3 Å². The van der Waals surface area contributed by atoms with E-state index in [4.69, 9.17) is 15.2 Å². The number of carbonyl (C=O) groups excluding carboxylic acids is 2. The van der Waals surface area contributed by atoms with E-state index in [0.29, 0.717) is 23.6 Å². The standard InChI is InChI=1S/C14H20N2O4/c1-4-19-12-8-10(7-11(15)9-12)14(18)20-6-5-13(17)16(2)3/h7-9H,4-6,15H2,1-3H3. The lowest BCUT2D eigenvalue weighted by atomic mass is 10.2. The average molecular weight is 280 g/mol. The zero-order valence-electron chi connectivity index (χ0n) is 12.0. The first-order valence-electron chi connectivity index (χ1n) is 6.34. The lowest BCUT2D eigenvalue weighted by molar-refractivity contribution is -0.129. The molecule has 20 heavy (non-hydrogen) atoms. The van der Waals surface area contributed by atoms with Crippen LogP contribution in [-0.4, -0.2) is 44.1 Å². The van der Waals surface area contributed by atoms with Gasteiger partial charge in [0.05, 0.1) is 18.6 Å². The summed E-state index contributed by atoms with van der Waals surface area (Å²) in [6, 6.07) is 4.71. The molecular weight excluding hydrogens is 260 g/mol. The van der Waals surface area contributed by atoms with Crippen molar-refractivity contribution in [3.05, 3.63) is 23.8 Å². The largest absolute Gasteiger partial charge is 0.494 e. The highest BCUT2D eigenvalue weighted by Gasteiger charge is 2.11. The van der Waals surface area contributed by atoms with Gasteiger partial charge >= 0.3 is 5.97 Å². The van der Waals surface area contributed by atoms with Crippen LogP contribution >= 0.6 is 0 Å². The van der Waals surface area contributed by atoms with Gasteiger partial charge < -0.3 is 20.1 Å². The Morgan fingerprint density at radius 3 is 2.55 bits per heavy atom. The van der Waals surface area contributed by atoms with Gasteiger partial charge in [0.25, 0.3) is 0 Å². The Morgan fingerprint density at radius 2 is 1.95 bits per heavy atom. The van der Waals surface area contributed by atoms with E-state index in [1.54, 1.807) is 26.2 Å². The summed E-state index contributed by atoms with van der Waals surface area (Å²) in [6.45, 7) is 2.36. The van der Waals surface area contributed by atoms with Crippen LogP contribution in [0.15, 0.2) is 18.2 Å². The van der Waals surface area contributed by atoms with E-state index < -0.39 is 5.97 Å². The maximum Gasteiger partial charge on any atom is 0.338 e. The number of benzene rings is 1. The van der Waals surface area contributed by atoms with Gasteiger partial charge in [0.2, 0.25) is 5.91 Å². The molecule has 0 heterocycles. The summed E-state index contributed by atoms with van der Waals surface area (Å²) in [5, 5.41) is 0. The van der Waals surface area contributed by atoms with Gasteiger partial charge in [-0.2, -0.15) is 0 Å². The monoisotopic (exact) mass is 280 g/mol. The third kappa shape index (κ3) is 4.79. The van der Waals surface area contributed by atoms with Gasteiger partial charge in [-0.05, 0) is 19.1 Å². The topological polar surface area (TPSA) is 81.9 Å². The maximum atomic E-state index is 11.8. The molecule has 1 aromatic rings. The van der Waals surface area contributed by atoms with Crippen molar-refractivity contribution in [3.8, 4) is 5.75 Å². The highest BCUT2D eigenvalue weighted by molar-refractivity contribution is 5.91. The number of rotatable bonds is 6. The van der Waals surface area contributed by atoms with Gasteiger partial charge in [0.15, 0.2) is 0 Å². The van der Waals surface area contributed by atoms with E-state index >= 15 is 0 Å². The number of hydrogen-bond donors (Lipinski definition) is 1. The molecule has 1 rings (SSSR count). The number of hydrogen-bond acceptors (Lipinski definition) is 5. The van der Waals surface area contributed by atoms with Crippen molar-refractivity contribution in [1.29, 1.82) is 0 Å². The second-order valence-electron chi connectivity index (χ2n) is 4.40. The minimum absolute atomic E-state index is 0.0363. The van der Waals surface area contributed by atoms with Gasteiger partial charge in [-0.15, -0.1) is 0 Å². The zero-order valence-corrected chi connectivity index (χ0v) is 12.0. The van der Waals surface area contributed by atoms with Crippen LogP contribution in [0.2, 0.25) is 0 Å². The Balaban J connectivity index is 2.61. The number of nitrogens with zero attached hydrogens (tertiary/aromatic N) is 1. The van der Waals surface area contributed by atoms with Crippen molar-refractivity contribution >= 4 is 17.6 Å². The first-order chi connectivity index (χ1) is 9.43. The quantitative estimate of drug-likeness (QED) is 0.627. The molecule has 0 aliphatic carbocycles. The molecule has 0 fully saturated rings. The summed E-state index contributed by atoms with van der Waals surface area (Å²) in [4.78, 5) is 24.6. The fourth-order valence-electron chi connectivity index (χ4n) is 1.53. The fraction of sp³-hybridized carbons (Fsp3) is 0.429. The molecule has 2 N–H and O–H groups in total. The molecule has 0 spiro atoms. The third-order valence-corrected chi connectivity index (χ3v) is 2.52. The van der Waals surface area contributed by atoms with Crippen LogP contribution in [0, 0.1) is 0 Å². The Morgan fingerprint density at radius 1 is 1.25 bits per heavy atom. The molecule has 0 saturated heterocycles. The fourth-order valence-corrected chi connectivity index (χ4v) is 1.53. The maximum absolute atomic E-state index is 11.8. The highest BCUT2D eigenvalue weighted by atomic mass is 16.5. The van der Waals surface area contributed by atoms with Crippen molar-refractivity contribution in [3.63, 3.8) is 0 Å². The van der Waals surface area contributed by atoms with Gasteiger partial charge in [-0.3, -0.25) is 4.79 Å². The van der Waals surface area contributed by atoms with E-state index in [2.05, 4.69) is 0 Å². The van der Waals surface area contributed by atoms with Crippen LogP contribution in [-0.2, 0) is 9.53 Å². The van der Waals surface area contributed by atoms with Crippen LogP contribution < -0.4 is 10.5 Å². The normalized spacial score (nSPS) is 9.95. The molecule has 0 unspecified atom stereocenters.